The number of ether oxygens (including phenoxy) is 2. The van der Waals surface area contributed by atoms with Crippen LogP contribution in [0.1, 0.15) is 44.9 Å². The van der Waals surface area contributed by atoms with Crippen LogP contribution in [0.15, 0.2) is 42.5 Å². The number of carbonyl (C=O) groups is 5. The highest BCUT2D eigenvalue weighted by Crippen LogP contribution is 2.33. The van der Waals surface area contributed by atoms with E-state index in [1.165, 1.54) is 45.2 Å². The number of alkyl halides is 5. The zero-order chi connectivity index (χ0) is 38.2. The van der Waals surface area contributed by atoms with Crippen molar-refractivity contribution >= 4 is 52.6 Å². The minimum absolute atomic E-state index is 0.00455. The van der Waals surface area contributed by atoms with Crippen LogP contribution in [0.2, 0.25) is 10.0 Å². The minimum atomic E-state index is -4.71. The fourth-order valence-corrected chi connectivity index (χ4v) is 4.54. The smallest absolute Gasteiger partial charge is 0.383 e. The van der Waals surface area contributed by atoms with Crippen molar-refractivity contribution in [3.05, 3.63) is 63.6 Å². The molecule has 3 atom stereocenters. The summed E-state index contributed by atoms with van der Waals surface area (Å²) in [6.45, 7) is 3.11. The fourth-order valence-electron chi connectivity index (χ4n) is 4.24. The van der Waals surface area contributed by atoms with E-state index in [2.05, 4.69) is 10.6 Å². The molecule has 2 aromatic rings. The molecule has 4 N–H and O–H groups in total. The molecule has 4 amide bonds. The zero-order valence-electron chi connectivity index (χ0n) is 27.8. The van der Waals surface area contributed by atoms with Gasteiger partial charge in [-0.3, -0.25) is 24.0 Å². The molecule has 0 aromatic heterocycles. The molecule has 0 spiro atoms. The topological polar surface area (TPSA) is 152 Å². The Bertz CT molecular complexity index is 1560. The standard InChI is InChI=1S/C32H37Cl2F5N4O7/c1-16(2)23(25(44)32(38,39)28(47)40-15-30(3,4)35)42-27(46)24(17-7-10-19(50-6)11-8-17)43-26(45)22(14-49-5)41-29(48)31(36,37)18-9-12-20(33)21(34)13-18/h7-13,16,22-24H,14-15H2,1-6H3,(H,40,47)(H,41,48)(H,42,46)(H,43,45)/t22-,23-,24-/m0/s1. The summed E-state index contributed by atoms with van der Waals surface area (Å²) < 4.78 is 84.0. The number of ketones is 1. The molecule has 2 aromatic carbocycles. The molecule has 0 aliphatic heterocycles. The molecular weight excluding hydrogens is 718 g/mol. The SMILES string of the molecule is COC[C@H](NC(=O)C(F)(F)c1ccc(Cl)c(Cl)c1)C(=O)N[C@H](C(=O)N[C@H](C(=O)C(F)(F)C(=O)NCC(C)(C)F)C(C)C)c1ccc(OC)cc1. The van der Waals surface area contributed by atoms with Gasteiger partial charge in [0.2, 0.25) is 17.6 Å². The Hall–Kier alpha value is -4.02. The number of rotatable bonds is 17. The first-order valence-electron chi connectivity index (χ1n) is 14.8. The minimum Gasteiger partial charge on any atom is -0.497 e. The highest BCUT2D eigenvalue weighted by Gasteiger charge is 2.52. The van der Waals surface area contributed by atoms with Gasteiger partial charge in [0.25, 0.3) is 11.8 Å². The molecule has 0 aliphatic rings. The predicted molar refractivity (Wildman–Crippen MR) is 173 cm³/mol. The van der Waals surface area contributed by atoms with Gasteiger partial charge in [0.15, 0.2) is 0 Å². The summed E-state index contributed by atoms with van der Waals surface area (Å²) in [6.07, 6.45) is 0. The molecule has 2 rings (SSSR count). The molecule has 0 saturated carbocycles. The van der Waals surface area contributed by atoms with Crippen LogP contribution in [0, 0.1) is 5.92 Å². The molecule has 0 saturated heterocycles. The third-order valence-corrected chi connectivity index (χ3v) is 7.77. The van der Waals surface area contributed by atoms with Gasteiger partial charge in [0.05, 0.1) is 36.3 Å². The molecule has 50 heavy (non-hydrogen) atoms. The summed E-state index contributed by atoms with van der Waals surface area (Å²) >= 11 is 11.6. The Labute approximate surface area is 294 Å². The van der Waals surface area contributed by atoms with Crippen LogP contribution in [0.5, 0.6) is 5.75 Å². The summed E-state index contributed by atoms with van der Waals surface area (Å²) in [5.41, 5.74) is -2.92. The Morgan fingerprint density at radius 1 is 0.800 bits per heavy atom. The fraction of sp³-hybridized carbons (Fsp3) is 0.469. The number of halogens is 7. The molecule has 11 nitrogen and oxygen atoms in total. The summed E-state index contributed by atoms with van der Waals surface area (Å²) in [4.78, 5) is 65.0. The van der Waals surface area contributed by atoms with Gasteiger partial charge in [-0.2, -0.15) is 17.6 Å². The van der Waals surface area contributed by atoms with E-state index in [1.807, 2.05) is 5.32 Å². The van der Waals surface area contributed by atoms with Crippen LogP contribution in [-0.4, -0.2) is 80.5 Å². The van der Waals surface area contributed by atoms with Crippen molar-refractivity contribution in [2.75, 3.05) is 27.4 Å². The van der Waals surface area contributed by atoms with Gasteiger partial charge < -0.3 is 30.7 Å². The zero-order valence-corrected chi connectivity index (χ0v) is 29.3. The van der Waals surface area contributed by atoms with Crippen LogP contribution >= 0.6 is 23.2 Å². The van der Waals surface area contributed by atoms with Crippen LogP contribution < -0.4 is 26.0 Å². The van der Waals surface area contributed by atoms with Crippen LogP contribution in [0.3, 0.4) is 0 Å². The molecule has 0 heterocycles. The van der Waals surface area contributed by atoms with Crippen molar-refractivity contribution in [3.8, 4) is 5.75 Å². The van der Waals surface area contributed by atoms with Crippen molar-refractivity contribution in [1.82, 2.24) is 21.3 Å². The second kappa shape index (κ2) is 17.3. The van der Waals surface area contributed by atoms with E-state index < -0.39 is 89.7 Å². The number of amides is 4. The van der Waals surface area contributed by atoms with Gasteiger partial charge >= 0.3 is 11.8 Å². The molecule has 0 unspecified atom stereocenters. The Kier molecular flexibility index (Phi) is 14.6. The van der Waals surface area contributed by atoms with Gasteiger partial charge in [0.1, 0.15) is 23.5 Å². The van der Waals surface area contributed by atoms with Crippen molar-refractivity contribution < 1.29 is 55.4 Å². The van der Waals surface area contributed by atoms with Gasteiger partial charge in [-0.05, 0) is 49.6 Å². The lowest BCUT2D eigenvalue weighted by Crippen LogP contribution is -2.59. The quantitative estimate of drug-likeness (QED) is 0.139. The number of carbonyl (C=O) groups excluding carboxylic acids is 5. The molecule has 18 heteroatoms. The van der Waals surface area contributed by atoms with Crippen LogP contribution in [-0.2, 0) is 34.6 Å². The average molecular weight is 756 g/mol. The van der Waals surface area contributed by atoms with E-state index in [4.69, 9.17) is 32.7 Å². The van der Waals surface area contributed by atoms with E-state index in [-0.39, 0.29) is 15.6 Å². The number of hydrogen-bond acceptors (Lipinski definition) is 7. The lowest BCUT2D eigenvalue weighted by molar-refractivity contribution is -0.161. The van der Waals surface area contributed by atoms with Crippen molar-refractivity contribution in [3.63, 3.8) is 0 Å². The highest BCUT2D eigenvalue weighted by atomic mass is 35.5. The number of benzene rings is 2. The average Bonchev–Trinajstić information content (AvgIpc) is 3.04. The summed E-state index contributed by atoms with van der Waals surface area (Å²) in [6, 6.07) is 2.38. The van der Waals surface area contributed by atoms with E-state index in [0.29, 0.717) is 5.75 Å². The van der Waals surface area contributed by atoms with E-state index in [9.17, 15) is 37.1 Å². The molecule has 0 aliphatic carbocycles. The second-order valence-corrected chi connectivity index (χ2v) is 12.8. The maximum Gasteiger partial charge on any atom is 0.383 e. The van der Waals surface area contributed by atoms with Crippen molar-refractivity contribution in [1.29, 1.82) is 0 Å². The Balaban J connectivity index is 2.41. The molecule has 0 fully saturated rings. The lowest BCUT2D eigenvalue weighted by Gasteiger charge is -2.29. The maximum atomic E-state index is 15.1. The number of nitrogens with one attached hydrogen (secondary N) is 4. The van der Waals surface area contributed by atoms with E-state index in [1.54, 1.807) is 5.32 Å². The Morgan fingerprint density at radius 2 is 1.40 bits per heavy atom. The first kappa shape index (κ1) is 42.1. The van der Waals surface area contributed by atoms with Gasteiger partial charge in [-0.25, -0.2) is 4.39 Å². The second-order valence-electron chi connectivity index (χ2n) is 12.0. The van der Waals surface area contributed by atoms with Gasteiger partial charge in [-0.15, -0.1) is 0 Å². The molecule has 0 radical (unpaired) electrons. The normalized spacial score (nSPS) is 13.9. The lowest BCUT2D eigenvalue weighted by atomic mass is 9.94. The van der Waals surface area contributed by atoms with Crippen LogP contribution in [0.25, 0.3) is 0 Å². The summed E-state index contributed by atoms with van der Waals surface area (Å²) in [7, 11) is 2.44. The van der Waals surface area contributed by atoms with Crippen molar-refractivity contribution in [2.45, 2.75) is 63.3 Å². The van der Waals surface area contributed by atoms with Gasteiger partial charge in [0, 0.05) is 12.7 Å². The number of Topliss-reactive ketones (excluding diaryl/α,β-unsaturated/α-hetero) is 1. The van der Waals surface area contributed by atoms with E-state index >= 15 is 8.78 Å². The maximum absolute atomic E-state index is 15.1. The molecule has 0 bridgehead atoms. The molecule has 276 valence electrons. The highest BCUT2D eigenvalue weighted by molar-refractivity contribution is 6.42. The van der Waals surface area contributed by atoms with Crippen molar-refractivity contribution in [2.24, 2.45) is 5.92 Å². The molecular formula is C32H37Cl2F5N4O7. The number of hydrogen-bond donors (Lipinski definition) is 4. The number of methoxy groups -OCH3 is 2. The van der Waals surface area contributed by atoms with E-state index in [0.717, 1.165) is 39.2 Å². The van der Waals surface area contributed by atoms with Gasteiger partial charge in [-0.1, -0.05) is 55.2 Å². The largest absolute Gasteiger partial charge is 0.497 e. The monoisotopic (exact) mass is 754 g/mol. The summed E-state index contributed by atoms with van der Waals surface area (Å²) in [5.74, 6) is -18.2. The Morgan fingerprint density at radius 3 is 1.90 bits per heavy atom. The first-order chi connectivity index (χ1) is 23.1. The third kappa shape index (κ3) is 11.0. The predicted octanol–water partition coefficient (Wildman–Crippen LogP) is 4.29. The third-order valence-electron chi connectivity index (χ3n) is 7.03. The summed E-state index contributed by atoms with van der Waals surface area (Å²) in [5, 5.41) is 7.58. The first-order valence-corrected chi connectivity index (χ1v) is 15.6. The van der Waals surface area contributed by atoms with Crippen LogP contribution in [0.4, 0.5) is 22.0 Å².